The van der Waals surface area contributed by atoms with Crippen molar-refractivity contribution in [2.24, 2.45) is 0 Å². The van der Waals surface area contributed by atoms with Crippen LogP contribution in [0, 0.1) is 0 Å². The second-order valence-electron chi connectivity index (χ2n) is 5.32. The molecule has 0 spiro atoms. The maximum Gasteiger partial charge on any atom is 0.433 e. The van der Waals surface area contributed by atoms with Crippen LogP contribution in [0.25, 0.3) is 11.5 Å². The smallest absolute Gasteiger partial charge is 0.354 e. The summed E-state index contributed by atoms with van der Waals surface area (Å²) in [6, 6.07) is 11.2. The van der Waals surface area contributed by atoms with Gasteiger partial charge in [-0.05, 0) is 24.3 Å². The lowest BCUT2D eigenvalue weighted by molar-refractivity contribution is -0.141. The summed E-state index contributed by atoms with van der Waals surface area (Å²) in [5.74, 6) is 0.0759. The fourth-order valence-electron chi connectivity index (χ4n) is 2.20. The van der Waals surface area contributed by atoms with Crippen molar-refractivity contribution in [3.05, 3.63) is 66.2 Å². The molecule has 5 nitrogen and oxygen atoms in total. The zero-order chi connectivity index (χ0) is 17.9. The van der Waals surface area contributed by atoms with Crippen LogP contribution < -0.4 is 4.90 Å². The van der Waals surface area contributed by atoms with E-state index in [1.165, 1.54) is 6.20 Å². The van der Waals surface area contributed by atoms with Crippen LogP contribution in [-0.4, -0.2) is 27.0 Å². The summed E-state index contributed by atoms with van der Waals surface area (Å²) in [5.41, 5.74) is -0.0105. The fraction of sp³-hybridized carbons (Fsp3) is 0.176. The van der Waals surface area contributed by atoms with Gasteiger partial charge in [-0.25, -0.2) is 9.97 Å². The van der Waals surface area contributed by atoms with Gasteiger partial charge in [-0.15, -0.1) is 0 Å². The first kappa shape index (κ1) is 16.8. The Morgan fingerprint density at radius 2 is 1.68 bits per heavy atom. The van der Waals surface area contributed by atoms with Crippen molar-refractivity contribution in [1.82, 2.24) is 19.9 Å². The first-order valence-electron chi connectivity index (χ1n) is 7.42. The lowest BCUT2D eigenvalue weighted by atomic mass is 10.3. The number of hydrogen-bond acceptors (Lipinski definition) is 5. The van der Waals surface area contributed by atoms with Crippen molar-refractivity contribution < 1.29 is 13.2 Å². The van der Waals surface area contributed by atoms with E-state index in [4.69, 9.17) is 0 Å². The van der Waals surface area contributed by atoms with Gasteiger partial charge in [0, 0.05) is 25.5 Å². The zero-order valence-corrected chi connectivity index (χ0v) is 13.3. The average Bonchev–Trinajstić information content (AvgIpc) is 2.62. The van der Waals surface area contributed by atoms with Gasteiger partial charge in [-0.2, -0.15) is 13.2 Å². The molecule has 25 heavy (non-hydrogen) atoms. The van der Waals surface area contributed by atoms with Gasteiger partial charge in [-0.3, -0.25) is 9.97 Å². The van der Waals surface area contributed by atoms with E-state index >= 15 is 0 Å². The lowest BCUT2D eigenvalue weighted by Gasteiger charge is -2.19. The van der Waals surface area contributed by atoms with Crippen molar-refractivity contribution in [3.63, 3.8) is 0 Å². The quantitative estimate of drug-likeness (QED) is 0.723. The Morgan fingerprint density at radius 3 is 2.28 bits per heavy atom. The molecule has 0 amide bonds. The van der Waals surface area contributed by atoms with Crippen molar-refractivity contribution in [3.8, 4) is 11.5 Å². The Bertz CT molecular complexity index is 838. The van der Waals surface area contributed by atoms with Gasteiger partial charge < -0.3 is 4.90 Å². The number of pyridine rings is 2. The molecule has 8 heteroatoms. The number of aromatic nitrogens is 4. The van der Waals surface area contributed by atoms with Crippen LogP contribution in [0.5, 0.6) is 0 Å². The highest BCUT2D eigenvalue weighted by molar-refractivity contribution is 5.53. The molecule has 0 N–H and O–H groups in total. The Morgan fingerprint density at radius 1 is 0.960 bits per heavy atom. The molecule has 0 unspecified atom stereocenters. The second-order valence-corrected chi connectivity index (χ2v) is 5.32. The minimum atomic E-state index is -4.58. The Balaban J connectivity index is 2.00. The Hall–Kier alpha value is -3.03. The first-order valence-corrected chi connectivity index (χ1v) is 7.42. The maximum atomic E-state index is 13.2. The molecule has 3 heterocycles. The third-order valence-corrected chi connectivity index (χ3v) is 3.41. The number of nitrogens with zero attached hydrogens (tertiary/aromatic N) is 5. The normalized spacial score (nSPS) is 11.4. The van der Waals surface area contributed by atoms with E-state index in [0.717, 1.165) is 11.8 Å². The van der Waals surface area contributed by atoms with Crippen molar-refractivity contribution in [1.29, 1.82) is 0 Å². The minimum Gasteiger partial charge on any atom is -0.354 e. The molecule has 0 saturated heterocycles. The Labute approximate surface area is 142 Å². The highest BCUT2D eigenvalue weighted by Crippen LogP contribution is 2.31. The minimum absolute atomic E-state index is 0.0710. The van der Waals surface area contributed by atoms with Crippen molar-refractivity contribution in [2.45, 2.75) is 12.7 Å². The lowest BCUT2D eigenvalue weighted by Crippen LogP contribution is -2.21. The molecule has 3 aromatic rings. The highest BCUT2D eigenvalue weighted by Gasteiger charge is 2.34. The van der Waals surface area contributed by atoms with Crippen molar-refractivity contribution in [2.75, 3.05) is 11.9 Å². The fourth-order valence-corrected chi connectivity index (χ4v) is 2.20. The summed E-state index contributed by atoms with van der Waals surface area (Å²) in [5, 5.41) is 0. The summed E-state index contributed by atoms with van der Waals surface area (Å²) in [6.45, 7) is 0.316. The molecule has 0 aliphatic heterocycles. The van der Waals surface area contributed by atoms with Crippen LogP contribution in [0.15, 0.2) is 54.9 Å². The number of rotatable bonds is 4. The van der Waals surface area contributed by atoms with E-state index in [9.17, 15) is 13.2 Å². The van der Waals surface area contributed by atoms with E-state index in [0.29, 0.717) is 6.54 Å². The molecule has 0 saturated carbocycles. The van der Waals surface area contributed by atoms with Crippen LogP contribution >= 0.6 is 0 Å². The molecule has 0 fully saturated rings. The molecule has 128 valence electrons. The summed E-state index contributed by atoms with van der Waals surface area (Å²) in [4.78, 5) is 17.7. The van der Waals surface area contributed by atoms with Crippen molar-refractivity contribution >= 4 is 5.82 Å². The molecular formula is C17H14F3N5. The van der Waals surface area contributed by atoms with E-state index in [-0.39, 0.29) is 17.3 Å². The van der Waals surface area contributed by atoms with Gasteiger partial charge in [-0.1, -0.05) is 12.1 Å². The largest absolute Gasteiger partial charge is 0.433 e. The second kappa shape index (κ2) is 6.84. The number of hydrogen-bond donors (Lipinski definition) is 0. The molecule has 0 atom stereocenters. The molecular weight excluding hydrogens is 331 g/mol. The zero-order valence-electron chi connectivity index (χ0n) is 13.3. The number of anilines is 1. The summed E-state index contributed by atoms with van der Waals surface area (Å²) >= 11 is 0. The SMILES string of the molecule is CN(Cc1ccccn1)c1cc(C(F)(F)F)nc(-c2ccccn2)n1. The van der Waals surface area contributed by atoms with Gasteiger partial charge >= 0.3 is 6.18 Å². The molecule has 3 aromatic heterocycles. The summed E-state index contributed by atoms with van der Waals surface area (Å²) < 4.78 is 39.6. The summed E-state index contributed by atoms with van der Waals surface area (Å²) in [6.07, 6.45) is -1.47. The average molecular weight is 345 g/mol. The van der Waals surface area contributed by atoms with Crippen LogP contribution in [-0.2, 0) is 12.7 Å². The molecule has 0 aromatic carbocycles. The number of alkyl halides is 3. The standard InChI is InChI=1S/C17H14F3N5/c1-25(11-12-6-2-4-8-21-12)15-10-14(17(18,19)20)23-16(24-15)13-7-3-5-9-22-13/h2-10H,11H2,1H3. The van der Waals surface area contributed by atoms with Gasteiger partial charge in [0.2, 0.25) is 0 Å². The number of halogens is 3. The monoisotopic (exact) mass is 345 g/mol. The van der Waals surface area contributed by atoms with E-state index in [1.807, 2.05) is 6.07 Å². The van der Waals surface area contributed by atoms with E-state index in [2.05, 4.69) is 19.9 Å². The topological polar surface area (TPSA) is 54.8 Å². The first-order chi connectivity index (χ1) is 11.9. The molecule has 0 aliphatic carbocycles. The van der Waals surface area contributed by atoms with Crippen LogP contribution in [0.4, 0.5) is 19.0 Å². The highest BCUT2D eigenvalue weighted by atomic mass is 19.4. The van der Waals surface area contributed by atoms with Gasteiger partial charge in [0.05, 0.1) is 12.2 Å². The van der Waals surface area contributed by atoms with Gasteiger partial charge in [0.1, 0.15) is 11.5 Å². The third-order valence-electron chi connectivity index (χ3n) is 3.41. The van der Waals surface area contributed by atoms with E-state index < -0.39 is 11.9 Å². The molecule has 0 aliphatic rings. The van der Waals surface area contributed by atoms with E-state index in [1.54, 1.807) is 48.5 Å². The molecule has 0 radical (unpaired) electrons. The predicted molar refractivity (Wildman–Crippen MR) is 86.6 cm³/mol. The van der Waals surface area contributed by atoms with Gasteiger partial charge in [0.15, 0.2) is 11.5 Å². The van der Waals surface area contributed by atoms with Crippen LogP contribution in [0.1, 0.15) is 11.4 Å². The molecule has 3 rings (SSSR count). The third kappa shape index (κ3) is 4.09. The van der Waals surface area contributed by atoms with Crippen LogP contribution in [0.2, 0.25) is 0 Å². The van der Waals surface area contributed by atoms with Crippen LogP contribution in [0.3, 0.4) is 0 Å². The summed E-state index contributed by atoms with van der Waals surface area (Å²) in [7, 11) is 1.65. The maximum absolute atomic E-state index is 13.2. The Kier molecular flexibility index (Phi) is 4.60. The van der Waals surface area contributed by atoms with Gasteiger partial charge in [0.25, 0.3) is 0 Å². The predicted octanol–water partition coefficient (Wildman–Crippen LogP) is 3.59. The molecule has 0 bridgehead atoms.